The van der Waals surface area contributed by atoms with E-state index in [1.54, 1.807) is 0 Å². The minimum atomic E-state index is -1.53. The molecule has 2 aromatic carbocycles. The van der Waals surface area contributed by atoms with Crippen molar-refractivity contribution in [3.05, 3.63) is 64.9 Å². The van der Waals surface area contributed by atoms with Crippen LogP contribution in [0.15, 0.2) is 36.4 Å². The monoisotopic (exact) mass is 527 g/mol. The third kappa shape index (κ3) is 4.94. The lowest BCUT2D eigenvalue weighted by atomic mass is 9.87. The van der Waals surface area contributed by atoms with Crippen molar-refractivity contribution in [2.75, 3.05) is 39.4 Å². The molecule has 0 spiro atoms. The van der Waals surface area contributed by atoms with E-state index in [-0.39, 0.29) is 30.0 Å². The molecule has 5 nitrogen and oxygen atoms in total. The van der Waals surface area contributed by atoms with Crippen LogP contribution in [0.5, 0.6) is 5.75 Å². The van der Waals surface area contributed by atoms with Gasteiger partial charge in [0.2, 0.25) is 0 Å². The number of ether oxygens (including phenoxy) is 2. The molecule has 0 amide bonds. The van der Waals surface area contributed by atoms with Crippen molar-refractivity contribution < 1.29 is 22.6 Å². The van der Waals surface area contributed by atoms with Crippen molar-refractivity contribution >= 4 is 10.9 Å². The highest BCUT2D eigenvalue weighted by Gasteiger charge is 2.41. The highest BCUT2D eigenvalue weighted by Crippen LogP contribution is 2.44. The molecule has 4 heterocycles. The fourth-order valence-corrected chi connectivity index (χ4v) is 6.18. The first-order valence-electron chi connectivity index (χ1n) is 13.7. The van der Waals surface area contributed by atoms with E-state index in [1.165, 1.54) is 26.0 Å². The first-order valence-corrected chi connectivity index (χ1v) is 13.7. The minimum absolute atomic E-state index is 0.0513. The van der Waals surface area contributed by atoms with Gasteiger partial charge in [0.15, 0.2) is 0 Å². The van der Waals surface area contributed by atoms with E-state index in [2.05, 4.69) is 9.88 Å². The van der Waals surface area contributed by atoms with Crippen LogP contribution in [-0.4, -0.2) is 72.0 Å². The van der Waals surface area contributed by atoms with Gasteiger partial charge in [-0.1, -0.05) is 18.2 Å². The highest BCUT2D eigenvalue weighted by molar-refractivity contribution is 5.85. The maximum atomic E-state index is 15.8. The lowest BCUT2D eigenvalue weighted by Gasteiger charge is -2.43. The Bertz CT molecular complexity index is 1290. The van der Waals surface area contributed by atoms with Crippen molar-refractivity contribution in [1.82, 2.24) is 14.8 Å². The quantitative estimate of drug-likeness (QED) is 0.412. The molecule has 204 valence electrons. The third-order valence-corrected chi connectivity index (χ3v) is 8.19. The Labute approximate surface area is 221 Å². The molecule has 8 heteroatoms. The zero-order valence-corrected chi connectivity index (χ0v) is 22.3. The maximum Gasteiger partial charge on any atom is 0.135 e. The number of alkyl halides is 1. The Hall–Kier alpha value is -2.55. The van der Waals surface area contributed by atoms with Gasteiger partial charge in [-0.25, -0.2) is 13.2 Å². The molecule has 3 aliphatic rings. The molecular formula is C30H36F3N3O2. The Kier molecular flexibility index (Phi) is 6.69. The Morgan fingerprint density at radius 3 is 2.47 bits per heavy atom. The summed E-state index contributed by atoms with van der Waals surface area (Å²) in [4.78, 5) is 7.59. The number of fused-ring (bicyclic) bond motifs is 3. The van der Waals surface area contributed by atoms with Gasteiger partial charge in [-0.3, -0.25) is 9.80 Å². The van der Waals surface area contributed by atoms with Crippen molar-refractivity contribution in [3.8, 4) is 5.75 Å². The van der Waals surface area contributed by atoms with Crippen LogP contribution in [0, 0.1) is 17.6 Å². The lowest BCUT2D eigenvalue weighted by Crippen LogP contribution is -2.54. The highest BCUT2D eigenvalue weighted by atomic mass is 19.1. The lowest BCUT2D eigenvalue weighted by molar-refractivity contribution is -0.0485. The molecule has 3 aliphatic heterocycles. The van der Waals surface area contributed by atoms with Gasteiger partial charge in [0.25, 0.3) is 0 Å². The van der Waals surface area contributed by atoms with Gasteiger partial charge >= 0.3 is 0 Å². The van der Waals surface area contributed by atoms with Crippen LogP contribution < -0.4 is 4.74 Å². The first kappa shape index (κ1) is 25.7. The van der Waals surface area contributed by atoms with Gasteiger partial charge in [0.05, 0.1) is 19.3 Å². The summed E-state index contributed by atoms with van der Waals surface area (Å²) in [7, 11) is 0. The molecule has 38 heavy (non-hydrogen) atoms. The molecule has 0 bridgehead atoms. The standard InChI is InChI=1S/C30H36F3N3O2/c1-18-10-23-22-6-4-5-7-26(22)34-28(23)29(36(18)17-30(2,3)33)27-24(31)11-20(12-25(27)32)38-21-13-35(14-21)9-8-19-15-37-16-19/h4-7,11-12,18-19,21,29,34H,8-10,13-17H2,1-3H3/t18-,29-/m1/s1. The molecule has 0 unspecified atom stereocenters. The maximum absolute atomic E-state index is 15.8. The summed E-state index contributed by atoms with van der Waals surface area (Å²) < 4.78 is 57.7. The topological polar surface area (TPSA) is 40.7 Å². The van der Waals surface area contributed by atoms with E-state index >= 15 is 8.78 Å². The van der Waals surface area contributed by atoms with Crippen LogP contribution in [0.3, 0.4) is 0 Å². The van der Waals surface area contributed by atoms with E-state index in [1.807, 2.05) is 36.1 Å². The SMILES string of the molecule is C[C@@H]1Cc2c([nH]c3ccccc23)[C@@H](c2c(F)cc(OC3CN(CCC4COC4)C3)cc2F)N1CC(C)(C)F. The molecule has 0 aliphatic carbocycles. The van der Waals surface area contributed by atoms with E-state index in [0.717, 1.165) is 61.4 Å². The normalized spacial score (nSPS) is 23.3. The second-order valence-corrected chi connectivity index (χ2v) is 11.9. The summed E-state index contributed by atoms with van der Waals surface area (Å²) in [5.41, 5.74) is 1.07. The summed E-state index contributed by atoms with van der Waals surface area (Å²) in [5, 5.41) is 1.04. The Morgan fingerprint density at radius 1 is 1.11 bits per heavy atom. The van der Waals surface area contributed by atoms with Gasteiger partial charge in [-0.05, 0) is 51.8 Å². The van der Waals surface area contributed by atoms with Crippen LogP contribution in [0.2, 0.25) is 0 Å². The molecule has 2 atom stereocenters. The zero-order chi connectivity index (χ0) is 26.6. The largest absolute Gasteiger partial charge is 0.488 e. The number of rotatable bonds is 8. The number of likely N-dealkylation sites (tertiary alicyclic amines) is 1. The van der Waals surface area contributed by atoms with Gasteiger partial charge < -0.3 is 14.5 Å². The molecule has 1 aromatic heterocycles. The Morgan fingerprint density at radius 2 is 1.82 bits per heavy atom. The number of H-pyrrole nitrogens is 1. The number of halogens is 3. The number of nitrogens with zero attached hydrogens (tertiary/aromatic N) is 2. The van der Waals surface area contributed by atoms with E-state index in [4.69, 9.17) is 9.47 Å². The van der Waals surface area contributed by atoms with Crippen LogP contribution in [0.25, 0.3) is 10.9 Å². The van der Waals surface area contributed by atoms with Crippen LogP contribution >= 0.6 is 0 Å². The van der Waals surface area contributed by atoms with Gasteiger partial charge in [-0.15, -0.1) is 0 Å². The van der Waals surface area contributed by atoms with E-state index in [9.17, 15) is 4.39 Å². The summed E-state index contributed by atoms with van der Waals surface area (Å²) in [6.45, 7) is 9.23. The third-order valence-electron chi connectivity index (χ3n) is 8.19. The number of nitrogens with one attached hydrogen (secondary N) is 1. The molecule has 2 fully saturated rings. The fraction of sp³-hybridized carbons (Fsp3) is 0.533. The number of benzene rings is 2. The number of aromatic amines is 1. The zero-order valence-electron chi connectivity index (χ0n) is 22.3. The van der Waals surface area contributed by atoms with Crippen molar-refractivity contribution in [3.63, 3.8) is 0 Å². The average Bonchev–Trinajstić information content (AvgIpc) is 3.15. The molecule has 0 saturated carbocycles. The van der Waals surface area contributed by atoms with Crippen molar-refractivity contribution in [2.45, 2.75) is 57.5 Å². The molecule has 0 radical (unpaired) electrons. The predicted molar refractivity (Wildman–Crippen MR) is 141 cm³/mol. The van der Waals surface area contributed by atoms with Crippen LogP contribution in [0.1, 0.15) is 50.1 Å². The van der Waals surface area contributed by atoms with Crippen molar-refractivity contribution in [1.29, 1.82) is 0 Å². The van der Waals surface area contributed by atoms with Gasteiger partial charge in [-0.2, -0.15) is 0 Å². The summed E-state index contributed by atoms with van der Waals surface area (Å²) in [5.74, 6) is -0.509. The fourth-order valence-electron chi connectivity index (χ4n) is 6.18. The van der Waals surface area contributed by atoms with Crippen molar-refractivity contribution in [2.24, 2.45) is 5.92 Å². The van der Waals surface area contributed by atoms with Gasteiger partial charge in [0, 0.05) is 65.9 Å². The molecule has 1 N–H and O–H groups in total. The molecular weight excluding hydrogens is 491 g/mol. The number of hydrogen-bond donors (Lipinski definition) is 1. The van der Waals surface area contributed by atoms with E-state index in [0.29, 0.717) is 12.3 Å². The first-order chi connectivity index (χ1) is 18.2. The average molecular weight is 528 g/mol. The second-order valence-electron chi connectivity index (χ2n) is 11.9. The number of hydrogen-bond acceptors (Lipinski definition) is 4. The number of para-hydroxylation sites is 1. The van der Waals surface area contributed by atoms with Gasteiger partial charge in [0.1, 0.15) is 29.2 Å². The second kappa shape index (κ2) is 9.88. The number of aromatic nitrogens is 1. The smallest absolute Gasteiger partial charge is 0.135 e. The van der Waals surface area contributed by atoms with E-state index < -0.39 is 23.3 Å². The van der Waals surface area contributed by atoms with Crippen LogP contribution in [0.4, 0.5) is 13.2 Å². The summed E-state index contributed by atoms with van der Waals surface area (Å²) >= 11 is 0. The predicted octanol–water partition coefficient (Wildman–Crippen LogP) is 5.63. The molecule has 6 rings (SSSR count). The summed E-state index contributed by atoms with van der Waals surface area (Å²) in [6.07, 6.45) is 1.69. The molecule has 3 aromatic rings. The van der Waals surface area contributed by atoms with Crippen LogP contribution in [-0.2, 0) is 11.2 Å². The summed E-state index contributed by atoms with van der Waals surface area (Å²) in [6, 6.07) is 9.56. The molecule has 2 saturated heterocycles. The Balaban J connectivity index is 1.27. The minimum Gasteiger partial charge on any atom is -0.488 e.